The number of H-pyrrole nitrogens is 1. The number of fused-ring (bicyclic) bond motifs is 1. The van der Waals surface area contributed by atoms with Crippen molar-refractivity contribution in [2.45, 2.75) is 18.7 Å². The van der Waals surface area contributed by atoms with E-state index >= 15 is 0 Å². The van der Waals surface area contributed by atoms with Crippen molar-refractivity contribution < 1.29 is 17.9 Å². The number of primary amides is 1. The van der Waals surface area contributed by atoms with Gasteiger partial charge in [0, 0.05) is 35.3 Å². The molecule has 0 radical (unpaired) electrons. The highest BCUT2D eigenvalue weighted by atomic mass is 32.2. The lowest BCUT2D eigenvalue weighted by Gasteiger charge is -2.34. The van der Waals surface area contributed by atoms with Gasteiger partial charge < -0.3 is 20.4 Å². The summed E-state index contributed by atoms with van der Waals surface area (Å²) in [4.78, 5) is 25.8. The molecule has 1 saturated heterocycles. The number of hydrogen-bond donors (Lipinski definition) is 2. The van der Waals surface area contributed by atoms with Crippen molar-refractivity contribution in [3.05, 3.63) is 41.7 Å². The van der Waals surface area contributed by atoms with Crippen LogP contribution in [0.2, 0.25) is 0 Å². The van der Waals surface area contributed by atoms with Crippen LogP contribution in [0.3, 0.4) is 0 Å². The lowest BCUT2D eigenvalue weighted by atomic mass is 10.1. The van der Waals surface area contributed by atoms with Crippen molar-refractivity contribution in [3.8, 4) is 11.4 Å². The third kappa shape index (κ3) is 4.29. The molecular weight excluding hydrogens is 406 g/mol. The molecule has 0 spiro atoms. The van der Waals surface area contributed by atoms with Gasteiger partial charge in [0.1, 0.15) is 11.5 Å². The van der Waals surface area contributed by atoms with E-state index in [4.69, 9.17) is 15.5 Å². The Labute approximate surface area is 174 Å². The fraction of sp³-hybridized carbons (Fsp3) is 0.350. The second-order valence-electron chi connectivity index (χ2n) is 7.58. The van der Waals surface area contributed by atoms with Crippen LogP contribution in [0.25, 0.3) is 22.3 Å². The average Bonchev–Trinajstić information content (AvgIpc) is 3.10. The van der Waals surface area contributed by atoms with E-state index in [0.717, 1.165) is 10.9 Å². The highest BCUT2D eigenvalue weighted by Crippen LogP contribution is 2.26. The number of benzene rings is 1. The zero-order valence-electron chi connectivity index (χ0n) is 16.8. The van der Waals surface area contributed by atoms with E-state index in [-0.39, 0.29) is 11.8 Å². The molecular formula is C20H23N5O4S. The van der Waals surface area contributed by atoms with E-state index in [2.05, 4.69) is 14.9 Å². The highest BCUT2D eigenvalue weighted by molar-refractivity contribution is 7.89. The Morgan fingerprint density at radius 1 is 1.30 bits per heavy atom. The Morgan fingerprint density at radius 3 is 2.80 bits per heavy atom. The number of carbonyl (C=O) groups is 1. The molecule has 0 saturated carbocycles. The van der Waals surface area contributed by atoms with Crippen molar-refractivity contribution in [3.63, 3.8) is 0 Å². The first kappa shape index (κ1) is 20.3. The maximum atomic E-state index is 11.9. The molecule has 0 unspecified atom stereocenters. The minimum atomic E-state index is -3.27. The summed E-state index contributed by atoms with van der Waals surface area (Å²) in [5.74, 6) is 0.369. The fourth-order valence-corrected chi connectivity index (χ4v) is 4.25. The van der Waals surface area contributed by atoms with E-state index in [1.807, 2.05) is 25.1 Å². The Morgan fingerprint density at radius 2 is 2.10 bits per heavy atom. The molecule has 3 N–H and O–H groups in total. The van der Waals surface area contributed by atoms with Crippen molar-refractivity contribution in [2.24, 2.45) is 5.73 Å². The fourth-order valence-electron chi connectivity index (χ4n) is 3.57. The molecule has 158 valence electrons. The molecule has 1 amide bonds. The van der Waals surface area contributed by atoms with Gasteiger partial charge in [0.25, 0.3) is 5.91 Å². The monoisotopic (exact) mass is 429 g/mol. The first-order valence-corrected chi connectivity index (χ1v) is 11.6. The number of morpholine rings is 1. The lowest BCUT2D eigenvalue weighted by Crippen LogP contribution is -2.44. The largest absolute Gasteiger partial charge is 0.377 e. The molecule has 1 aliphatic heterocycles. The minimum absolute atomic E-state index is 0.108. The van der Waals surface area contributed by atoms with Gasteiger partial charge in [-0.05, 0) is 19.1 Å². The van der Waals surface area contributed by atoms with Crippen LogP contribution in [0, 0.1) is 0 Å². The molecule has 1 fully saturated rings. The highest BCUT2D eigenvalue weighted by Gasteiger charge is 2.22. The van der Waals surface area contributed by atoms with Crippen LogP contribution < -0.4 is 10.6 Å². The zero-order valence-corrected chi connectivity index (χ0v) is 17.6. The minimum Gasteiger partial charge on any atom is -0.377 e. The smallest absolute Gasteiger partial charge is 0.265 e. The maximum absolute atomic E-state index is 11.9. The number of nitrogens with zero attached hydrogens (tertiary/aromatic N) is 3. The number of hydrogen-bond acceptors (Lipinski definition) is 7. The predicted octanol–water partition coefficient (Wildman–Crippen LogP) is 1.49. The summed E-state index contributed by atoms with van der Waals surface area (Å²) < 4.78 is 29.3. The number of aromatic amines is 1. The molecule has 2 aromatic heterocycles. The maximum Gasteiger partial charge on any atom is 0.265 e. The topological polar surface area (TPSA) is 131 Å². The molecule has 3 heterocycles. The quantitative estimate of drug-likeness (QED) is 0.628. The van der Waals surface area contributed by atoms with E-state index < -0.39 is 15.7 Å². The van der Waals surface area contributed by atoms with E-state index in [1.54, 1.807) is 12.1 Å². The SMILES string of the molecule is C[C@H]1COCCN1c1cc(CS(C)(=O)=O)nc(-c2ccc3cc(C(N)=O)[nH]c3c2)n1. The average molecular weight is 430 g/mol. The number of rotatable bonds is 5. The van der Waals surface area contributed by atoms with Crippen molar-refractivity contribution >= 4 is 32.5 Å². The van der Waals surface area contributed by atoms with Crippen molar-refractivity contribution in [1.82, 2.24) is 15.0 Å². The number of ether oxygens (including phenoxy) is 1. The van der Waals surface area contributed by atoms with Gasteiger partial charge in [-0.3, -0.25) is 4.79 Å². The normalized spacial score (nSPS) is 17.4. The molecule has 0 bridgehead atoms. The lowest BCUT2D eigenvalue weighted by molar-refractivity contribution is 0.0985. The van der Waals surface area contributed by atoms with Gasteiger partial charge in [-0.2, -0.15) is 0 Å². The summed E-state index contributed by atoms with van der Waals surface area (Å²) >= 11 is 0. The Bertz CT molecular complexity index is 1220. The van der Waals surface area contributed by atoms with Crippen molar-refractivity contribution in [2.75, 3.05) is 30.9 Å². The van der Waals surface area contributed by atoms with Gasteiger partial charge in [-0.25, -0.2) is 18.4 Å². The van der Waals surface area contributed by atoms with Gasteiger partial charge in [0.15, 0.2) is 15.7 Å². The summed E-state index contributed by atoms with van der Waals surface area (Å²) in [6.07, 6.45) is 1.18. The standard InChI is InChI=1S/C20H23N5O4S/c1-12-10-29-6-5-25(12)18-9-15(11-30(2,27)28)22-20(24-18)14-4-3-13-7-17(19(21)26)23-16(13)8-14/h3-4,7-9,12,23H,5-6,10-11H2,1-2H3,(H2,21,26)/t12-/m0/s1. The molecule has 1 atom stereocenters. The summed E-state index contributed by atoms with van der Waals surface area (Å²) in [6.45, 7) is 3.85. The number of nitrogens with two attached hydrogens (primary N) is 1. The van der Waals surface area contributed by atoms with E-state index in [9.17, 15) is 13.2 Å². The van der Waals surface area contributed by atoms with Crippen LogP contribution in [0.15, 0.2) is 30.3 Å². The molecule has 1 aromatic carbocycles. The number of carbonyl (C=O) groups excluding carboxylic acids is 1. The second kappa shape index (κ2) is 7.69. The van der Waals surface area contributed by atoms with Gasteiger partial charge >= 0.3 is 0 Å². The zero-order chi connectivity index (χ0) is 21.5. The molecule has 10 heteroatoms. The van der Waals surface area contributed by atoms with Gasteiger partial charge in [0.05, 0.1) is 30.7 Å². The molecule has 4 rings (SSSR count). The molecule has 9 nitrogen and oxygen atoms in total. The summed E-state index contributed by atoms with van der Waals surface area (Å²) in [6, 6.07) is 9.03. The van der Waals surface area contributed by atoms with Gasteiger partial charge in [0.2, 0.25) is 0 Å². The second-order valence-corrected chi connectivity index (χ2v) is 9.72. The number of sulfone groups is 1. The molecule has 30 heavy (non-hydrogen) atoms. The van der Waals surface area contributed by atoms with E-state index in [1.165, 1.54) is 6.26 Å². The van der Waals surface area contributed by atoms with E-state index in [0.29, 0.717) is 48.4 Å². The predicted molar refractivity (Wildman–Crippen MR) is 114 cm³/mol. The summed E-state index contributed by atoms with van der Waals surface area (Å²) in [5, 5.41) is 0.835. The first-order valence-electron chi connectivity index (χ1n) is 9.52. The Kier molecular flexibility index (Phi) is 5.20. The number of aromatic nitrogens is 3. The van der Waals surface area contributed by atoms with Crippen molar-refractivity contribution in [1.29, 1.82) is 0 Å². The summed E-state index contributed by atoms with van der Waals surface area (Å²) in [7, 11) is -3.27. The summed E-state index contributed by atoms with van der Waals surface area (Å²) in [5.41, 5.74) is 7.53. The van der Waals surface area contributed by atoms with Crippen LogP contribution in [0.5, 0.6) is 0 Å². The molecule has 0 aliphatic carbocycles. The molecule has 1 aliphatic rings. The van der Waals surface area contributed by atoms with Crippen LogP contribution in [-0.2, 0) is 20.3 Å². The number of amides is 1. The Hall–Kier alpha value is -2.98. The number of anilines is 1. The van der Waals surface area contributed by atoms with Crippen LogP contribution in [0.1, 0.15) is 23.1 Å². The van der Waals surface area contributed by atoms with Gasteiger partial charge in [-0.1, -0.05) is 12.1 Å². The van der Waals surface area contributed by atoms with Crippen LogP contribution >= 0.6 is 0 Å². The number of nitrogens with one attached hydrogen (secondary N) is 1. The van der Waals surface area contributed by atoms with Crippen LogP contribution in [0.4, 0.5) is 5.82 Å². The van der Waals surface area contributed by atoms with Crippen LogP contribution in [-0.4, -0.2) is 61.3 Å². The molecule has 3 aromatic rings. The van der Waals surface area contributed by atoms with Gasteiger partial charge in [-0.15, -0.1) is 0 Å². The third-order valence-electron chi connectivity index (χ3n) is 4.98. The Balaban J connectivity index is 1.81. The first-order chi connectivity index (χ1) is 14.2. The third-order valence-corrected chi connectivity index (χ3v) is 5.80.